The van der Waals surface area contributed by atoms with Crippen LogP contribution in [0.1, 0.15) is 42.6 Å². The molecule has 3 aliphatic rings. The lowest BCUT2D eigenvalue weighted by Crippen LogP contribution is -2.65. The van der Waals surface area contributed by atoms with E-state index < -0.39 is 6.47 Å². The monoisotopic (exact) mass is 530 g/mol. The molecule has 39 heavy (non-hydrogen) atoms. The van der Waals surface area contributed by atoms with Gasteiger partial charge in [-0.3, -0.25) is 9.59 Å². The number of carboxylic acid groups (broad SMARTS) is 1. The summed E-state index contributed by atoms with van der Waals surface area (Å²) in [4.78, 5) is 32.0. The Kier molecular flexibility index (Phi) is 11.3. The number of nitrogens with zero attached hydrogens (tertiary/aromatic N) is 1. The predicted octanol–water partition coefficient (Wildman–Crippen LogP) is 4.40. The maximum Gasteiger partial charge on any atom is 0.303 e. The Labute approximate surface area is 231 Å². The molecular weight excluding hydrogens is 492 g/mol. The topological polar surface area (TPSA) is 95.5 Å². The van der Waals surface area contributed by atoms with Crippen LogP contribution in [-0.2, 0) is 20.7 Å². The van der Waals surface area contributed by atoms with Crippen LogP contribution in [0.3, 0.4) is 0 Å². The molecule has 7 heteroatoms. The third-order valence-corrected chi connectivity index (χ3v) is 7.33. The Morgan fingerprint density at radius 3 is 2.13 bits per heavy atom. The molecule has 3 saturated heterocycles. The van der Waals surface area contributed by atoms with Crippen molar-refractivity contribution in [2.75, 3.05) is 31.5 Å². The molecule has 0 aromatic heterocycles. The highest BCUT2D eigenvalue weighted by Crippen LogP contribution is 2.35. The van der Waals surface area contributed by atoms with E-state index in [9.17, 15) is 9.59 Å². The van der Waals surface area contributed by atoms with E-state index in [0.29, 0.717) is 12.5 Å². The molecule has 3 fully saturated rings. The van der Waals surface area contributed by atoms with Crippen LogP contribution in [0, 0.1) is 5.92 Å². The van der Waals surface area contributed by atoms with Crippen LogP contribution in [0.15, 0.2) is 84.9 Å². The van der Waals surface area contributed by atoms with Gasteiger partial charge in [-0.2, -0.15) is 0 Å². The van der Waals surface area contributed by atoms with Gasteiger partial charge in [0.15, 0.2) is 6.10 Å². The van der Waals surface area contributed by atoms with Gasteiger partial charge in [0, 0.05) is 49.1 Å². The van der Waals surface area contributed by atoms with Crippen molar-refractivity contribution in [1.82, 2.24) is 0 Å². The number of para-hydroxylation sites is 1. The number of ketones is 1. The number of hydrogen-bond acceptors (Lipinski definition) is 6. The number of carbonyl (C=O) groups is 3. The zero-order valence-electron chi connectivity index (χ0n) is 22.8. The summed E-state index contributed by atoms with van der Waals surface area (Å²) in [5.41, 5.74) is 4.42. The minimum absolute atomic E-state index is 0.00595. The summed E-state index contributed by atoms with van der Waals surface area (Å²) in [6.45, 7) is 6.51. The molecule has 0 spiro atoms. The molecule has 1 atom stereocenters. The molecule has 0 amide bonds. The molecule has 206 valence electrons. The zero-order valence-corrected chi connectivity index (χ0v) is 22.8. The number of nitrogens with one attached hydrogen (secondary N) is 1. The average molecular weight is 531 g/mol. The second-order valence-corrected chi connectivity index (χ2v) is 10.0. The van der Waals surface area contributed by atoms with Gasteiger partial charge < -0.3 is 24.4 Å². The van der Waals surface area contributed by atoms with Crippen molar-refractivity contribution >= 4 is 29.6 Å². The number of benzene rings is 3. The Hall–Kier alpha value is -3.97. The molecule has 3 aliphatic heterocycles. The summed E-state index contributed by atoms with van der Waals surface area (Å²) in [6.07, 6.45) is 3.18. The van der Waals surface area contributed by atoms with Crippen LogP contribution in [0.25, 0.3) is 0 Å². The molecule has 3 aromatic rings. The number of fused-ring (bicyclic) bond motifs is 3. The molecule has 1 N–H and O–H groups in total. The van der Waals surface area contributed by atoms with Crippen molar-refractivity contribution in [2.45, 2.75) is 39.2 Å². The Morgan fingerprint density at radius 1 is 0.949 bits per heavy atom. The smallest absolute Gasteiger partial charge is 0.303 e. The van der Waals surface area contributed by atoms with Crippen molar-refractivity contribution in [3.63, 3.8) is 0 Å². The van der Waals surface area contributed by atoms with Gasteiger partial charge in [-0.05, 0) is 36.2 Å². The first kappa shape index (κ1) is 29.6. The Morgan fingerprint density at radius 2 is 1.54 bits per heavy atom. The van der Waals surface area contributed by atoms with E-state index in [4.69, 9.17) is 14.6 Å². The molecule has 0 saturated carbocycles. The van der Waals surface area contributed by atoms with Gasteiger partial charge >= 0.3 is 5.97 Å². The van der Waals surface area contributed by atoms with Crippen molar-refractivity contribution in [3.8, 4) is 0 Å². The number of Topliss-reactive ketones (excluding diaryl/α,β-unsaturated/α-hetero) is 1. The second-order valence-electron chi connectivity index (χ2n) is 10.0. The summed E-state index contributed by atoms with van der Waals surface area (Å²) in [7, 11) is 0. The fourth-order valence-corrected chi connectivity index (χ4v) is 5.37. The molecule has 0 radical (unpaired) electrons. The lowest BCUT2D eigenvalue weighted by atomic mass is 9.83. The molecule has 3 aromatic carbocycles. The Balaban J connectivity index is 0.000000205. The first-order chi connectivity index (χ1) is 18.9. The van der Waals surface area contributed by atoms with Gasteiger partial charge in [0.1, 0.15) is 13.1 Å². The summed E-state index contributed by atoms with van der Waals surface area (Å²) in [5.74, 6) is 0.472. The number of rotatable bonds is 7. The summed E-state index contributed by atoms with van der Waals surface area (Å²) in [6, 6.07) is 28.2. The highest BCUT2D eigenvalue weighted by atomic mass is 16.5. The number of carbonyl (C=O) groups excluding carboxylic acids is 3. The van der Waals surface area contributed by atoms with Gasteiger partial charge in [0.05, 0.1) is 13.1 Å². The van der Waals surface area contributed by atoms with Crippen LogP contribution >= 0.6 is 0 Å². The van der Waals surface area contributed by atoms with Gasteiger partial charge in [-0.1, -0.05) is 67.6 Å². The number of quaternary nitrogens is 1. The van der Waals surface area contributed by atoms with Crippen LogP contribution in [0.2, 0.25) is 0 Å². The number of aryl methyl sites for hydroxylation is 1. The Bertz CT molecular complexity index is 1190. The molecule has 2 bridgehead atoms. The maximum atomic E-state index is 12.5. The lowest BCUT2D eigenvalue weighted by molar-refractivity contribution is -0.938. The quantitative estimate of drug-likeness (QED) is 0.211. The van der Waals surface area contributed by atoms with Crippen molar-refractivity contribution in [1.29, 1.82) is 0 Å². The molecule has 6 rings (SSSR count). The van der Waals surface area contributed by atoms with E-state index in [1.54, 1.807) is 0 Å². The number of ether oxygens (including phenoxy) is 1. The fourth-order valence-electron chi connectivity index (χ4n) is 5.37. The zero-order chi connectivity index (χ0) is 28.1. The van der Waals surface area contributed by atoms with E-state index in [2.05, 4.69) is 48.6 Å². The first-order valence-corrected chi connectivity index (χ1v) is 13.4. The minimum atomic E-state index is -0.500. The van der Waals surface area contributed by atoms with Gasteiger partial charge in [0.25, 0.3) is 0 Å². The fraction of sp³-hybridized carbons (Fsp3) is 0.344. The molecule has 7 nitrogen and oxygen atoms in total. The third kappa shape index (κ3) is 9.07. The number of esters is 1. The van der Waals surface area contributed by atoms with Crippen LogP contribution in [0.5, 0.6) is 0 Å². The lowest BCUT2D eigenvalue weighted by Gasteiger charge is -2.51. The molecule has 3 heterocycles. The second kappa shape index (κ2) is 14.8. The van der Waals surface area contributed by atoms with Crippen LogP contribution in [-0.4, -0.2) is 55.0 Å². The van der Waals surface area contributed by atoms with E-state index in [1.807, 2.05) is 48.5 Å². The van der Waals surface area contributed by atoms with Gasteiger partial charge in [-0.15, -0.1) is 0 Å². The van der Waals surface area contributed by atoms with Crippen LogP contribution < -0.4 is 10.4 Å². The largest absolute Gasteiger partial charge is 0.554 e. The third-order valence-electron chi connectivity index (χ3n) is 7.33. The van der Waals surface area contributed by atoms with E-state index >= 15 is 0 Å². The maximum absolute atomic E-state index is 12.5. The molecule has 0 aliphatic carbocycles. The van der Waals surface area contributed by atoms with Crippen molar-refractivity contribution in [2.24, 2.45) is 5.92 Å². The summed E-state index contributed by atoms with van der Waals surface area (Å²) < 4.78 is 6.25. The van der Waals surface area contributed by atoms with Crippen LogP contribution in [0.4, 0.5) is 11.4 Å². The minimum Gasteiger partial charge on any atom is -0.554 e. The highest BCUT2D eigenvalue weighted by molar-refractivity contribution is 5.96. The van der Waals surface area contributed by atoms with E-state index in [-0.39, 0.29) is 17.9 Å². The van der Waals surface area contributed by atoms with Gasteiger partial charge in [-0.25, -0.2) is 0 Å². The van der Waals surface area contributed by atoms with Crippen molar-refractivity contribution < 1.29 is 28.7 Å². The normalized spacial score (nSPS) is 20.8. The van der Waals surface area contributed by atoms with E-state index in [0.717, 1.165) is 60.3 Å². The highest BCUT2D eigenvalue weighted by Gasteiger charge is 2.48. The number of piperidine rings is 3. The molecular formula is C32H38N2O5. The SMILES string of the molecule is CC(=O)OC1C[N+]2(CC(=O)c3ccccc3)CCC1CC2.CCc1cccc(Nc2ccccc2)c1.O=C[O-]. The number of hydrogen-bond donors (Lipinski definition) is 1. The predicted molar refractivity (Wildman–Crippen MR) is 150 cm³/mol. The van der Waals surface area contributed by atoms with Gasteiger partial charge in [0.2, 0.25) is 5.78 Å². The number of anilines is 2. The molecule has 1 unspecified atom stereocenters. The first-order valence-electron chi connectivity index (χ1n) is 13.4. The summed E-state index contributed by atoms with van der Waals surface area (Å²) in [5, 5.41) is 11.6. The standard InChI is InChI=1S/C17H22NO3.C14H15N.CH2O2/c1-13(19)21-17-12-18(9-7-15(17)8-10-18)11-16(20)14-5-3-2-4-6-14;1-2-12-7-6-10-14(11-12)15-13-8-4-3-5-9-13;2-1-3/h2-6,15,17H,7-12H2,1H3;3-11,15H,2H2,1H3;1H,(H,2,3)/q+1;;/p-1. The van der Waals surface area contributed by atoms with E-state index in [1.165, 1.54) is 12.5 Å². The summed E-state index contributed by atoms with van der Waals surface area (Å²) >= 11 is 0. The average Bonchev–Trinajstić information content (AvgIpc) is 2.95. The van der Waals surface area contributed by atoms with Crippen molar-refractivity contribution in [3.05, 3.63) is 96.1 Å².